The number of carbonyl (C=O) groups excluding carboxylic acids is 3. The van der Waals surface area contributed by atoms with E-state index in [9.17, 15) is 24.5 Å². The predicted octanol–water partition coefficient (Wildman–Crippen LogP) is -0.303. The molecule has 0 aromatic rings. The van der Waals surface area contributed by atoms with Crippen molar-refractivity contribution in [2.45, 2.75) is 62.1 Å². The highest BCUT2D eigenvalue weighted by molar-refractivity contribution is 8.00. The molecule has 3 saturated heterocycles. The van der Waals surface area contributed by atoms with E-state index in [1.54, 1.807) is 20.8 Å². The summed E-state index contributed by atoms with van der Waals surface area (Å²) in [4.78, 5) is 54.1. The molecule has 0 aromatic heterocycles. The van der Waals surface area contributed by atoms with E-state index < -0.39 is 64.4 Å². The van der Waals surface area contributed by atoms with Crippen LogP contribution in [0, 0.1) is 10.1 Å². The molecule has 0 spiro atoms. The summed E-state index contributed by atoms with van der Waals surface area (Å²) < 4.78 is 21.2. The lowest BCUT2D eigenvalue weighted by molar-refractivity contribution is -0.769. The molecule has 6 atom stereocenters. The zero-order chi connectivity index (χ0) is 22.9. The van der Waals surface area contributed by atoms with Gasteiger partial charge in [-0.05, 0) is 20.8 Å². The second-order valence-corrected chi connectivity index (χ2v) is 9.30. The Kier molecular flexibility index (Phi) is 6.81. The van der Waals surface area contributed by atoms with Gasteiger partial charge >= 0.3 is 12.1 Å². The third kappa shape index (κ3) is 5.13. The maximum Gasteiger partial charge on any atom is 0.412 e. The monoisotopic (exact) mass is 463 g/mol. The molecule has 3 heterocycles. The minimum atomic E-state index is -1.02. The molecule has 31 heavy (non-hydrogen) atoms. The molecule has 14 heteroatoms. The first-order valence-corrected chi connectivity index (χ1v) is 10.6. The number of esters is 1. The summed E-state index contributed by atoms with van der Waals surface area (Å²) in [6.07, 6.45) is -3.02. The third-order valence-electron chi connectivity index (χ3n) is 4.87. The van der Waals surface area contributed by atoms with Gasteiger partial charge in [0.15, 0.2) is 11.5 Å². The van der Waals surface area contributed by atoms with Gasteiger partial charge in [-0.15, -0.1) is 21.9 Å². The Labute approximate surface area is 182 Å². The highest BCUT2D eigenvalue weighted by atomic mass is 32.2. The quantitative estimate of drug-likeness (QED) is 0.324. The average molecular weight is 463 g/mol. The number of nitrogens with zero attached hydrogens (tertiary/aromatic N) is 2. The van der Waals surface area contributed by atoms with Gasteiger partial charge in [0, 0.05) is 5.75 Å². The van der Waals surface area contributed by atoms with Crippen molar-refractivity contribution in [1.82, 2.24) is 10.2 Å². The highest BCUT2D eigenvalue weighted by Gasteiger charge is 2.52. The van der Waals surface area contributed by atoms with Gasteiger partial charge < -0.3 is 29.1 Å². The molecule has 2 amide bonds. The largest absolute Gasteiger partial charge is 0.467 e. The smallest absolute Gasteiger partial charge is 0.412 e. The van der Waals surface area contributed by atoms with Crippen molar-refractivity contribution in [3.8, 4) is 0 Å². The molecule has 174 valence electrons. The van der Waals surface area contributed by atoms with Crippen LogP contribution < -0.4 is 5.32 Å². The van der Waals surface area contributed by atoms with E-state index >= 15 is 0 Å². The van der Waals surface area contributed by atoms with Crippen molar-refractivity contribution < 1.29 is 43.3 Å². The minimum absolute atomic E-state index is 0.0452. The van der Waals surface area contributed by atoms with Crippen LogP contribution in [0.4, 0.5) is 4.79 Å². The summed E-state index contributed by atoms with van der Waals surface area (Å²) >= 11 is 1.09. The molecule has 0 radical (unpaired) electrons. The summed E-state index contributed by atoms with van der Waals surface area (Å²) in [7, 11) is 1.19. The molecule has 2 unspecified atom stereocenters. The number of fused-ring (bicyclic) bond motifs is 1. The molecule has 3 aliphatic heterocycles. The van der Waals surface area contributed by atoms with E-state index in [2.05, 4.69) is 10.2 Å². The van der Waals surface area contributed by atoms with Gasteiger partial charge in [-0.25, -0.2) is 9.59 Å². The van der Waals surface area contributed by atoms with Crippen LogP contribution in [0.15, 0.2) is 0 Å². The van der Waals surface area contributed by atoms with E-state index in [-0.39, 0.29) is 19.0 Å². The average Bonchev–Trinajstić information content (AvgIpc) is 3.36. The topological polar surface area (TPSA) is 156 Å². The number of methoxy groups -OCH3 is 1. The Morgan fingerprint density at radius 3 is 2.48 bits per heavy atom. The van der Waals surface area contributed by atoms with E-state index in [1.807, 2.05) is 0 Å². The van der Waals surface area contributed by atoms with Crippen molar-refractivity contribution >= 4 is 29.7 Å². The third-order valence-corrected chi connectivity index (χ3v) is 6.11. The first kappa shape index (κ1) is 23.3. The number of amides is 2. The summed E-state index contributed by atoms with van der Waals surface area (Å²) in [5.74, 6) is -1.05. The van der Waals surface area contributed by atoms with Crippen LogP contribution in [0.3, 0.4) is 0 Å². The second kappa shape index (κ2) is 9.04. The van der Waals surface area contributed by atoms with Crippen LogP contribution in [-0.2, 0) is 33.4 Å². The van der Waals surface area contributed by atoms with Gasteiger partial charge in [0.1, 0.15) is 23.9 Å². The molecule has 3 rings (SSSR count). The van der Waals surface area contributed by atoms with Crippen molar-refractivity contribution in [2.75, 3.05) is 26.1 Å². The highest BCUT2D eigenvalue weighted by Crippen LogP contribution is 2.33. The minimum Gasteiger partial charge on any atom is -0.467 e. The van der Waals surface area contributed by atoms with Crippen molar-refractivity contribution in [1.29, 1.82) is 0 Å². The van der Waals surface area contributed by atoms with Gasteiger partial charge in [-0.3, -0.25) is 9.69 Å². The molecular formula is C17H25N3O10S. The van der Waals surface area contributed by atoms with Crippen molar-refractivity contribution in [3.05, 3.63) is 10.1 Å². The fourth-order valence-electron chi connectivity index (χ4n) is 3.60. The zero-order valence-corrected chi connectivity index (χ0v) is 18.3. The van der Waals surface area contributed by atoms with Crippen LogP contribution in [0.5, 0.6) is 0 Å². The Morgan fingerprint density at radius 2 is 1.87 bits per heavy atom. The normalized spacial score (nSPS) is 32.3. The summed E-state index contributed by atoms with van der Waals surface area (Å²) in [6.45, 7) is 5.04. The Balaban J connectivity index is 1.69. The number of hydrogen-bond acceptors (Lipinski definition) is 11. The van der Waals surface area contributed by atoms with Gasteiger partial charge in [0.25, 0.3) is 5.09 Å². The Bertz CT molecular complexity index is 744. The van der Waals surface area contributed by atoms with Crippen LogP contribution in [0.25, 0.3) is 0 Å². The van der Waals surface area contributed by atoms with E-state index in [4.69, 9.17) is 18.9 Å². The molecule has 0 aliphatic carbocycles. The molecule has 3 fully saturated rings. The van der Waals surface area contributed by atoms with Crippen molar-refractivity contribution in [3.63, 3.8) is 0 Å². The lowest BCUT2D eigenvalue weighted by atomic mass is 10.1. The summed E-state index contributed by atoms with van der Waals surface area (Å²) in [5, 5.41) is 11.4. The SMILES string of the molecule is COC(=O)C1SCC(C(=O)N[C@H]2CO[C@H]3[C@@H]2OC[C@@H]3O[N+](=O)[O-])N1C(=O)OC(C)(C)C. The number of thioether (sulfide) groups is 1. The fraction of sp³-hybridized carbons (Fsp3) is 0.824. The lowest BCUT2D eigenvalue weighted by Gasteiger charge is -2.30. The maximum atomic E-state index is 13.0. The van der Waals surface area contributed by atoms with E-state index in [0.717, 1.165) is 16.7 Å². The van der Waals surface area contributed by atoms with Crippen LogP contribution in [-0.4, -0.2) is 95.4 Å². The summed E-state index contributed by atoms with van der Waals surface area (Å²) in [6, 6.07) is -1.59. The molecular weight excluding hydrogens is 438 g/mol. The number of carbonyl (C=O) groups is 3. The molecule has 0 saturated carbocycles. The maximum absolute atomic E-state index is 13.0. The first-order valence-electron chi connectivity index (χ1n) is 9.57. The lowest BCUT2D eigenvalue weighted by Crippen LogP contribution is -2.56. The number of hydrogen-bond donors (Lipinski definition) is 1. The standard InChI is InChI=1S/C17H25N3O10S/c1-17(2,3)29-16(23)19-9(7-31-14(19)15(22)26-4)13(21)18-8-5-27-12-10(30-20(24)25)6-28-11(8)12/h8-12,14H,5-7H2,1-4H3,(H,18,21)/t8-,9?,10-,11+,12+,14?/m0/s1. The molecule has 13 nitrogen and oxygen atoms in total. The molecule has 0 bridgehead atoms. The van der Waals surface area contributed by atoms with Crippen LogP contribution >= 0.6 is 11.8 Å². The summed E-state index contributed by atoms with van der Waals surface area (Å²) in [5.41, 5.74) is -0.831. The van der Waals surface area contributed by atoms with Gasteiger partial charge in [0.2, 0.25) is 5.91 Å². The fourth-order valence-corrected chi connectivity index (χ4v) is 4.90. The Morgan fingerprint density at radius 1 is 1.19 bits per heavy atom. The van der Waals surface area contributed by atoms with Gasteiger partial charge in [-0.1, -0.05) is 0 Å². The zero-order valence-electron chi connectivity index (χ0n) is 17.5. The van der Waals surface area contributed by atoms with E-state index in [1.165, 1.54) is 7.11 Å². The van der Waals surface area contributed by atoms with Gasteiger partial charge in [-0.2, -0.15) is 0 Å². The Hall–Kier alpha value is -2.32. The van der Waals surface area contributed by atoms with Crippen molar-refractivity contribution in [2.24, 2.45) is 0 Å². The number of rotatable bonds is 5. The second-order valence-electron chi connectivity index (χ2n) is 8.19. The number of nitrogens with one attached hydrogen (secondary N) is 1. The number of ether oxygens (including phenoxy) is 4. The van der Waals surface area contributed by atoms with Crippen LogP contribution in [0.2, 0.25) is 0 Å². The molecule has 3 aliphatic rings. The van der Waals surface area contributed by atoms with Gasteiger partial charge in [0.05, 0.1) is 26.4 Å². The molecule has 0 aromatic carbocycles. The first-order chi connectivity index (χ1) is 14.5. The predicted molar refractivity (Wildman–Crippen MR) is 103 cm³/mol. The van der Waals surface area contributed by atoms with Crippen LogP contribution in [0.1, 0.15) is 20.8 Å². The van der Waals surface area contributed by atoms with E-state index in [0.29, 0.717) is 0 Å². The molecule has 1 N–H and O–H groups in total.